The standard InChI is InChI=1S/C10H13N5O3S/c1-10(4-16,5-17)12-9(18)8-7(2-3-19-8)15-6-11-13-14-15/h2-3,6,16-17H,4-5H2,1H3,(H,12,18). The summed E-state index contributed by atoms with van der Waals surface area (Å²) in [5, 5.41) is 33.4. The van der Waals surface area contributed by atoms with E-state index in [9.17, 15) is 15.0 Å². The molecule has 0 aliphatic rings. The highest BCUT2D eigenvalue weighted by molar-refractivity contribution is 7.12. The average molecular weight is 283 g/mol. The van der Waals surface area contributed by atoms with Gasteiger partial charge in [0.15, 0.2) is 0 Å². The number of hydrogen-bond acceptors (Lipinski definition) is 7. The third kappa shape index (κ3) is 2.78. The normalized spacial score (nSPS) is 11.5. The fourth-order valence-corrected chi connectivity index (χ4v) is 2.16. The van der Waals surface area contributed by atoms with Gasteiger partial charge < -0.3 is 15.5 Å². The molecule has 0 unspecified atom stereocenters. The van der Waals surface area contributed by atoms with Gasteiger partial charge in [-0.25, -0.2) is 0 Å². The average Bonchev–Trinajstić information content (AvgIpc) is 3.08. The molecule has 0 aliphatic carbocycles. The molecular formula is C10H13N5O3S. The summed E-state index contributed by atoms with van der Waals surface area (Å²) in [4.78, 5) is 12.6. The summed E-state index contributed by atoms with van der Waals surface area (Å²) in [5.41, 5.74) is -0.524. The molecule has 0 spiro atoms. The molecule has 0 atom stereocenters. The zero-order valence-electron chi connectivity index (χ0n) is 10.1. The van der Waals surface area contributed by atoms with Crippen LogP contribution in [0.1, 0.15) is 16.6 Å². The van der Waals surface area contributed by atoms with Crippen molar-refractivity contribution in [3.63, 3.8) is 0 Å². The molecule has 102 valence electrons. The Hall–Kier alpha value is -1.84. The number of nitrogens with one attached hydrogen (secondary N) is 1. The Bertz CT molecular complexity index is 549. The largest absolute Gasteiger partial charge is 0.394 e. The number of nitrogens with zero attached hydrogens (tertiary/aromatic N) is 4. The minimum Gasteiger partial charge on any atom is -0.394 e. The lowest BCUT2D eigenvalue weighted by molar-refractivity contribution is 0.0727. The monoisotopic (exact) mass is 283 g/mol. The smallest absolute Gasteiger partial charge is 0.264 e. The zero-order valence-corrected chi connectivity index (χ0v) is 11.0. The second-order valence-electron chi connectivity index (χ2n) is 4.22. The quantitative estimate of drug-likeness (QED) is 0.662. The number of amides is 1. The maximum atomic E-state index is 12.2. The van der Waals surface area contributed by atoms with Crippen LogP contribution in [0, 0.1) is 0 Å². The molecule has 19 heavy (non-hydrogen) atoms. The molecule has 2 rings (SSSR count). The number of aliphatic hydroxyl groups excluding tert-OH is 2. The number of carbonyl (C=O) groups excluding carboxylic acids is 1. The van der Waals surface area contributed by atoms with Gasteiger partial charge in [-0.2, -0.15) is 4.68 Å². The molecule has 0 saturated carbocycles. The van der Waals surface area contributed by atoms with Crippen LogP contribution in [0.15, 0.2) is 17.8 Å². The molecule has 8 nitrogen and oxygen atoms in total. The molecule has 2 aromatic heterocycles. The van der Waals surface area contributed by atoms with Gasteiger partial charge in [0, 0.05) is 0 Å². The number of aliphatic hydroxyl groups is 2. The summed E-state index contributed by atoms with van der Waals surface area (Å²) < 4.78 is 1.38. The minimum atomic E-state index is -1.07. The Morgan fingerprint density at radius 3 is 2.84 bits per heavy atom. The van der Waals surface area contributed by atoms with Crippen molar-refractivity contribution < 1.29 is 15.0 Å². The zero-order chi connectivity index (χ0) is 13.9. The summed E-state index contributed by atoms with van der Waals surface area (Å²) in [6.07, 6.45) is 1.39. The molecule has 2 aromatic rings. The summed E-state index contributed by atoms with van der Waals surface area (Å²) in [6, 6.07) is 1.71. The van der Waals surface area contributed by atoms with Gasteiger partial charge in [-0.3, -0.25) is 4.79 Å². The van der Waals surface area contributed by atoms with Crippen LogP contribution in [-0.4, -0.2) is 55.1 Å². The molecule has 1 amide bonds. The van der Waals surface area contributed by atoms with Gasteiger partial charge in [0.1, 0.15) is 11.2 Å². The number of rotatable bonds is 5. The predicted molar refractivity (Wildman–Crippen MR) is 67.1 cm³/mol. The molecule has 0 aliphatic heterocycles. The Labute approximate surface area is 112 Å². The maximum Gasteiger partial charge on any atom is 0.264 e. The molecule has 9 heteroatoms. The lowest BCUT2D eigenvalue weighted by atomic mass is 10.1. The van der Waals surface area contributed by atoms with Crippen LogP contribution in [0.4, 0.5) is 0 Å². The van der Waals surface area contributed by atoms with Gasteiger partial charge >= 0.3 is 0 Å². The minimum absolute atomic E-state index is 0.360. The third-order valence-corrected chi connectivity index (χ3v) is 3.46. The fourth-order valence-electron chi connectivity index (χ4n) is 1.38. The van der Waals surface area contributed by atoms with Gasteiger partial charge in [0.25, 0.3) is 5.91 Å². The van der Waals surface area contributed by atoms with E-state index in [1.165, 1.54) is 22.3 Å². The first-order valence-corrected chi connectivity index (χ1v) is 6.33. The van der Waals surface area contributed by atoms with E-state index >= 15 is 0 Å². The van der Waals surface area contributed by atoms with Gasteiger partial charge in [-0.05, 0) is 28.8 Å². The number of thiophene rings is 1. The van der Waals surface area contributed by atoms with Crippen LogP contribution in [0.25, 0.3) is 5.69 Å². The van der Waals surface area contributed by atoms with E-state index in [1.807, 2.05) is 0 Å². The van der Waals surface area contributed by atoms with E-state index in [4.69, 9.17) is 0 Å². The Morgan fingerprint density at radius 1 is 1.53 bits per heavy atom. The highest BCUT2D eigenvalue weighted by Crippen LogP contribution is 2.20. The molecule has 0 fully saturated rings. The molecule has 0 saturated heterocycles. The van der Waals surface area contributed by atoms with E-state index < -0.39 is 11.4 Å². The van der Waals surface area contributed by atoms with E-state index in [2.05, 4.69) is 20.8 Å². The van der Waals surface area contributed by atoms with Gasteiger partial charge in [0.2, 0.25) is 0 Å². The van der Waals surface area contributed by atoms with Crippen molar-refractivity contribution >= 4 is 17.2 Å². The Balaban J connectivity index is 2.24. The molecular weight excluding hydrogens is 270 g/mol. The molecule has 0 bridgehead atoms. The van der Waals surface area contributed by atoms with Crippen molar-refractivity contribution in [1.29, 1.82) is 0 Å². The lowest BCUT2D eigenvalue weighted by Crippen LogP contribution is -2.51. The van der Waals surface area contributed by atoms with Crippen LogP contribution in [0.3, 0.4) is 0 Å². The fraction of sp³-hybridized carbons (Fsp3) is 0.400. The maximum absolute atomic E-state index is 12.2. The van der Waals surface area contributed by atoms with Crippen molar-refractivity contribution in [2.24, 2.45) is 0 Å². The van der Waals surface area contributed by atoms with Crippen molar-refractivity contribution in [2.75, 3.05) is 13.2 Å². The first-order chi connectivity index (χ1) is 9.09. The number of hydrogen-bond donors (Lipinski definition) is 3. The summed E-state index contributed by atoms with van der Waals surface area (Å²) >= 11 is 1.23. The first kappa shape index (κ1) is 13.6. The molecule has 3 N–H and O–H groups in total. The topological polar surface area (TPSA) is 113 Å². The van der Waals surface area contributed by atoms with E-state index in [1.54, 1.807) is 18.4 Å². The Kier molecular flexibility index (Phi) is 3.88. The molecule has 0 aromatic carbocycles. The lowest BCUT2D eigenvalue weighted by Gasteiger charge is -2.25. The van der Waals surface area contributed by atoms with Gasteiger partial charge in [-0.15, -0.1) is 16.4 Å². The second kappa shape index (κ2) is 5.43. The van der Waals surface area contributed by atoms with E-state index in [0.29, 0.717) is 10.6 Å². The van der Waals surface area contributed by atoms with Crippen LogP contribution in [0.2, 0.25) is 0 Å². The number of aromatic nitrogens is 4. The van der Waals surface area contributed by atoms with Crippen molar-refractivity contribution in [3.05, 3.63) is 22.7 Å². The van der Waals surface area contributed by atoms with Gasteiger partial charge in [-0.1, -0.05) is 0 Å². The predicted octanol–water partition coefficient (Wildman–Crippen LogP) is -0.803. The summed E-state index contributed by atoms with van der Waals surface area (Å²) in [7, 11) is 0. The summed E-state index contributed by atoms with van der Waals surface area (Å²) in [6.45, 7) is 0.830. The van der Waals surface area contributed by atoms with Crippen molar-refractivity contribution in [3.8, 4) is 5.69 Å². The first-order valence-electron chi connectivity index (χ1n) is 5.45. The molecule has 2 heterocycles. The van der Waals surface area contributed by atoms with Crippen LogP contribution in [-0.2, 0) is 0 Å². The van der Waals surface area contributed by atoms with Crippen LogP contribution in [0.5, 0.6) is 0 Å². The summed E-state index contributed by atoms with van der Waals surface area (Å²) in [5.74, 6) is -0.397. The third-order valence-electron chi connectivity index (χ3n) is 2.56. The van der Waals surface area contributed by atoms with Crippen LogP contribution < -0.4 is 5.32 Å². The van der Waals surface area contributed by atoms with Crippen molar-refractivity contribution in [1.82, 2.24) is 25.5 Å². The second-order valence-corrected chi connectivity index (χ2v) is 5.14. The van der Waals surface area contributed by atoms with E-state index in [0.717, 1.165) is 0 Å². The highest BCUT2D eigenvalue weighted by Gasteiger charge is 2.27. The van der Waals surface area contributed by atoms with Gasteiger partial charge in [0.05, 0.1) is 24.4 Å². The van der Waals surface area contributed by atoms with Crippen LogP contribution >= 0.6 is 11.3 Å². The highest BCUT2D eigenvalue weighted by atomic mass is 32.1. The van der Waals surface area contributed by atoms with E-state index in [-0.39, 0.29) is 13.2 Å². The SMILES string of the molecule is CC(CO)(CO)NC(=O)c1sccc1-n1cnnn1. The van der Waals surface area contributed by atoms with Crippen molar-refractivity contribution in [2.45, 2.75) is 12.5 Å². The Morgan fingerprint density at radius 2 is 2.26 bits per heavy atom. The number of carbonyl (C=O) groups is 1. The number of tetrazole rings is 1. The molecule has 0 radical (unpaired) electrons.